The van der Waals surface area contributed by atoms with E-state index in [1.165, 1.54) is 20.2 Å². The first-order chi connectivity index (χ1) is 25.3. The van der Waals surface area contributed by atoms with Crippen molar-refractivity contribution in [3.63, 3.8) is 0 Å². The average Bonchev–Trinajstić information content (AvgIpc) is 3.89. The number of rotatable bonds is 4. The molecule has 0 unspecified atom stereocenters. The summed E-state index contributed by atoms with van der Waals surface area (Å²) < 4.78 is 15.7. The van der Waals surface area contributed by atoms with E-state index < -0.39 is 0 Å². The Morgan fingerprint density at radius 2 is 0.941 bits per heavy atom. The molecule has 0 N–H and O–H groups in total. The summed E-state index contributed by atoms with van der Waals surface area (Å²) in [4.78, 5) is 15.4. The Morgan fingerprint density at radius 1 is 0.353 bits per heavy atom. The number of fused-ring (bicyclic) bond motifs is 9. The highest BCUT2D eigenvalue weighted by Gasteiger charge is 2.23. The molecule has 0 spiro atoms. The normalized spacial score (nSPS) is 11.9. The number of nitrogens with zero attached hydrogens (tertiary/aromatic N) is 3. The Morgan fingerprint density at radius 3 is 1.80 bits per heavy atom. The highest BCUT2D eigenvalue weighted by Crippen LogP contribution is 2.46. The minimum atomic E-state index is 0.544. The molecule has 0 aliphatic carbocycles. The van der Waals surface area contributed by atoms with Gasteiger partial charge in [0.25, 0.3) is 0 Å². The van der Waals surface area contributed by atoms with Crippen molar-refractivity contribution in [2.24, 2.45) is 0 Å². The monoisotopic (exact) mass is 671 g/mol. The van der Waals surface area contributed by atoms with Crippen LogP contribution in [0.25, 0.3) is 109 Å². The van der Waals surface area contributed by atoms with Crippen LogP contribution in [-0.2, 0) is 0 Å². The lowest BCUT2D eigenvalue weighted by molar-refractivity contribution is 0.669. The van der Waals surface area contributed by atoms with Gasteiger partial charge in [0.1, 0.15) is 22.3 Å². The molecule has 0 amide bonds. The van der Waals surface area contributed by atoms with Gasteiger partial charge in [0.05, 0.1) is 5.56 Å². The molecule has 238 valence electrons. The quantitative estimate of drug-likeness (QED) is 0.186. The standard InChI is InChI=1S/C45H25N3O2S/c1-2-12-26(13-3-1)43-46-44(48-45(47-43)34-19-10-18-29-27-14-4-7-20-35(27)49-41(29)34)33-25-24-30(42-40(33)31-15-5-8-21-36(31)50-42)28-17-11-23-38-39(28)32-16-6-9-22-37(32)51-38/h1-25H. The molecule has 0 aliphatic heterocycles. The maximum atomic E-state index is 6.78. The van der Waals surface area contributed by atoms with Crippen LogP contribution >= 0.6 is 11.3 Å². The van der Waals surface area contributed by atoms with Crippen molar-refractivity contribution < 1.29 is 8.83 Å². The van der Waals surface area contributed by atoms with E-state index >= 15 is 0 Å². The van der Waals surface area contributed by atoms with Gasteiger partial charge in [-0.2, -0.15) is 0 Å². The zero-order chi connectivity index (χ0) is 33.5. The van der Waals surface area contributed by atoms with Crippen LogP contribution in [0.3, 0.4) is 0 Å². The lowest BCUT2D eigenvalue weighted by atomic mass is 9.95. The molecule has 0 atom stereocenters. The molecular weight excluding hydrogens is 647 g/mol. The van der Waals surface area contributed by atoms with E-state index in [4.69, 9.17) is 23.8 Å². The second-order valence-corrected chi connectivity index (χ2v) is 13.8. The summed E-state index contributed by atoms with van der Waals surface area (Å²) >= 11 is 1.82. The number of aromatic nitrogens is 3. The average molecular weight is 672 g/mol. The molecule has 0 aliphatic rings. The molecule has 0 bridgehead atoms. The zero-order valence-electron chi connectivity index (χ0n) is 27.0. The Bertz CT molecular complexity index is 3160. The van der Waals surface area contributed by atoms with Crippen LogP contribution in [0.15, 0.2) is 160 Å². The first kappa shape index (κ1) is 28.2. The summed E-state index contributed by atoms with van der Waals surface area (Å²) in [6.07, 6.45) is 0. The van der Waals surface area contributed by atoms with Gasteiger partial charge < -0.3 is 8.83 Å². The van der Waals surface area contributed by atoms with Gasteiger partial charge in [-0.25, -0.2) is 15.0 Å². The van der Waals surface area contributed by atoms with Crippen molar-refractivity contribution in [2.75, 3.05) is 0 Å². The van der Waals surface area contributed by atoms with Crippen molar-refractivity contribution in [1.82, 2.24) is 15.0 Å². The number of para-hydroxylation sites is 3. The molecule has 6 heteroatoms. The predicted octanol–water partition coefficient (Wildman–Crippen LogP) is 12.7. The molecule has 11 rings (SSSR count). The SMILES string of the molecule is c1ccc(-c2nc(-c3cccc4c3oc3ccccc34)nc(-c3ccc(-c4cccc5sc6ccccc6c45)c4oc5ccccc5c34)n2)cc1. The molecule has 7 aromatic carbocycles. The van der Waals surface area contributed by atoms with Crippen molar-refractivity contribution in [2.45, 2.75) is 0 Å². The zero-order valence-corrected chi connectivity index (χ0v) is 27.8. The molecule has 0 radical (unpaired) electrons. The van der Waals surface area contributed by atoms with Gasteiger partial charge in [-0.05, 0) is 48.0 Å². The van der Waals surface area contributed by atoms with Crippen LogP contribution in [0.4, 0.5) is 0 Å². The Hall–Kier alpha value is -6.63. The van der Waals surface area contributed by atoms with Crippen LogP contribution in [0, 0.1) is 0 Å². The molecule has 0 saturated carbocycles. The minimum Gasteiger partial charge on any atom is -0.455 e. The van der Waals surface area contributed by atoms with Crippen molar-refractivity contribution in [3.05, 3.63) is 152 Å². The first-order valence-corrected chi connectivity index (χ1v) is 17.7. The first-order valence-electron chi connectivity index (χ1n) is 16.9. The third kappa shape index (κ3) is 4.30. The summed E-state index contributed by atoms with van der Waals surface area (Å²) in [5, 5.41) is 6.54. The molecule has 4 aromatic heterocycles. The fourth-order valence-corrected chi connectivity index (χ4v) is 8.61. The summed E-state index contributed by atoms with van der Waals surface area (Å²) in [5.74, 6) is 1.69. The minimum absolute atomic E-state index is 0.544. The third-order valence-electron chi connectivity index (χ3n) is 9.77. The Balaban J connectivity index is 1.21. The highest BCUT2D eigenvalue weighted by atomic mass is 32.1. The van der Waals surface area contributed by atoms with E-state index in [1.807, 2.05) is 84.1 Å². The van der Waals surface area contributed by atoms with Crippen LogP contribution in [-0.4, -0.2) is 15.0 Å². The van der Waals surface area contributed by atoms with Crippen LogP contribution in [0.5, 0.6) is 0 Å². The number of furan rings is 2. The van der Waals surface area contributed by atoms with Gasteiger partial charge in [0.15, 0.2) is 17.5 Å². The maximum Gasteiger partial charge on any atom is 0.167 e. The van der Waals surface area contributed by atoms with Crippen LogP contribution < -0.4 is 0 Å². The fourth-order valence-electron chi connectivity index (χ4n) is 7.48. The second-order valence-electron chi connectivity index (χ2n) is 12.7. The van der Waals surface area contributed by atoms with E-state index in [1.54, 1.807) is 0 Å². The van der Waals surface area contributed by atoms with Gasteiger partial charge in [-0.1, -0.05) is 109 Å². The van der Waals surface area contributed by atoms with E-state index in [9.17, 15) is 0 Å². The van der Waals surface area contributed by atoms with E-state index in [0.717, 1.165) is 71.7 Å². The third-order valence-corrected chi connectivity index (χ3v) is 10.9. The lowest BCUT2D eigenvalue weighted by Gasteiger charge is -2.11. The molecule has 5 nitrogen and oxygen atoms in total. The topological polar surface area (TPSA) is 65.0 Å². The maximum absolute atomic E-state index is 6.78. The summed E-state index contributed by atoms with van der Waals surface area (Å²) in [6.45, 7) is 0. The van der Waals surface area contributed by atoms with E-state index in [-0.39, 0.29) is 0 Å². The van der Waals surface area contributed by atoms with Crippen LogP contribution in [0.1, 0.15) is 0 Å². The van der Waals surface area contributed by atoms with E-state index in [0.29, 0.717) is 17.5 Å². The smallest absolute Gasteiger partial charge is 0.167 e. The lowest BCUT2D eigenvalue weighted by Crippen LogP contribution is -2.00. The second kappa shape index (κ2) is 10.9. The molecule has 11 aromatic rings. The van der Waals surface area contributed by atoms with Crippen LogP contribution in [0.2, 0.25) is 0 Å². The Kier molecular flexibility index (Phi) is 6.05. The summed E-state index contributed by atoms with van der Waals surface area (Å²) in [6, 6.07) is 52.0. The molecule has 0 fully saturated rings. The van der Waals surface area contributed by atoms with Crippen molar-refractivity contribution in [3.8, 4) is 45.3 Å². The van der Waals surface area contributed by atoms with Gasteiger partial charge in [-0.15, -0.1) is 11.3 Å². The number of hydrogen-bond donors (Lipinski definition) is 0. The summed E-state index contributed by atoms with van der Waals surface area (Å²) in [5.41, 5.74) is 7.95. The van der Waals surface area contributed by atoms with Crippen molar-refractivity contribution in [1.29, 1.82) is 0 Å². The molecule has 4 heterocycles. The van der Waals surface area contributed by atoms with Gasteiger partial charge in [0.2, 0.25) is 0 Å². The molecular formula is C45H25N3O2S. The van der Waals surface area contributed by atoms with Crippen molar-refractivity contribution >= 4 is 75.4 Å². The van der Waals surface area contributed by atoms with Gasteiger partial charge >= 0.3 is 0 Å². The predicted molar refractivity (Wildman–Crippen MR) is 209 cm³/mol. The fraction of sp³-hybridized carbons (Fsp3) is 0. The van der Waals surface area contributed by atoms with E-state index in [2.05, 4.69) is 78.9 Å². The highest BCUT2D eigenvalue weighted by molar-refractivity contribution is 7.25. The summed E-state index contributed by atoms with van der Waals surface area (Å²) in [7, 11) is 0. The van der Waals surface area contributed by atoms with Gasteiger partial charge in [-0.3, -0.25) is 0 Å². The number of hydrogen-bond acceptors (Lipinski definition) is 6. The molecule has 51 heavy (non-hydrogen) atoms. The number of thiophene rings is 1. The van der Waals surface area contributed by atoms with Gasteiger partial charge in [0, 0.05) is 58.4 Å². The number of benzene rings is 7. The largest absolute Gasteiger partial charge is 0.455 e. The Labute approximate surface area is 295 Å². The molecule has 0 saturated heterocycles.